The Morgan fingerprint density at radius 1 is 1.16 bits per heavy atom. The maximum atomic E-state index is 12.1. The summed E-state index contributed by atoms with van der Waals surface area (Å²) < 4.78 is 14.9. The summed E-state index contributed by atoms with van der Waals surface area (Å²) in [6.45, 7) is 2.01. The monoisotopic (exact) mass is 354 g/mol. The van der Waals surface area contributed by atoms with Gasteiger partial charge in [0.1, 0.15) is 5.56 Å². The van der Waals surface area contributed by atoms with E-state index in [4.69, 9.17) is 14.2 Å². The van der Waals surface area contributed by atoms with Gasteiger partial charge in [0.25, 0.3) is 11.6 Å². The van der Waals surface area contributed by atoms with E-state index >= 15 is 0 Å². The normalized spacial score (nSPS) is 10.0. The van der Waals surface area contributed by atoms with E-state index in [-0.39, 0.29) is 17.1 Å². The highest BCUT2D eigenvalue weighted by Gasteiger charge is 2.26. The molecule has 25 heavy (non-hydrogen) atoms. The maximum absolute atomic E-state index is 12.1. The number of nitrogens with one attached hydrogen (secondary N) is 1. The predicted molar refractivity (Wildman–Crippen MR) is 89.0 cm³/mol. The van der Waals surface area contributed by atoms with Gasteiger partial charge in [0.05, 0.1) is 25.2 Å². The molecule has 0 spiro atoms. The summed E-state index contributed by atoms with van der Waals surface area (Å²) in [4.78, 5) is 34.2. The average Bonchev–Trinajstić information content (AvgIpc) is 2.61. The lowest BCUT2D eigenvalue weighted by Crippen LogP contribution is -2.29. The van der Waals surface area contributed by atoms with Crippen molar-refractivity contribution < 1.29 is 28.7 Å². The van der Waals surface area contributed by atoms with E-state index in [0.29, 0.717) is 6.54 Å². The molecule has 0 heterocycles. The fourth-order valence-electron chi connectivity index (χ4n) is 2.05. The minimum atomic E-state index is -0.989. The van der Waals surface area contributed by atoms with Crippen LogP contribution in [0.4, 0.5) is 5.69 Å². The zero-order valence-corrected chi connectivity index (χ0v) is 14.5. The number of hydrogen-bond donors (Lipinski definition) is 1. The number of esters is 1. The van der Waals surface area contributed by atoms with Crippen molar-refractivity contribution in [1.29, 1.82) is 0 Å². The Kier molecular flexibility index (Phi) is 8.17. The first-order chi connectivity index (χ1) is 11.9. The number of carbonyl (C=O) groups excluding carboxylic acids is 2. The van der Waals surface area contributed by atoms with E-state index in [0.717, 1.165) is 31.4 Å². The van der Waals surface area contributed by atoms with E-state index in [2.05, 4.69) is 5.32 Å². The van der Waals surface area contributed by atoms with E-state index in [1.165, 1.54) is 14.2 Å². The summed E-state index contributed by atoms with van der Waals surface area (Å²) in [6, 6.07) is 2.22. The number of nitrogens with zero attached hydrogens (tertiary/aromatic N) is 1. The molecular weight excluding hydrogens is 332 g/mol. The third-order valence-corrected chi connectivity index (χ3v) is 3.36. The SMILES string of the molecule is CCCCCNC(=O)COC(=O)c1cc(OC)c(OC)cc1[N+](=O)[O-]. The highest BCUT2D eigenvalue weighted by atomic mass is 16.6. The van der Waals surface area contributed by atoms with E-state index in [1.54, 1.807) is 0 Å². The van der Waals surface area contributed by atoms with Crippen LogP contribution in [0, 0.1) is 10.1 Å². The highest BCUT2D eigenvalue weighted by Crippen LogP contribution is 2.34. The van der Waals surface area contributed by atoms with Gasteiger partial charge >= 0.3 is 5.97 Å². The second-order valence-corrected chi connectivity index (χ2v) is 5.11. The van der Waals surface area contributed by atoms with Gasteiger partial charge < -0.3 is 19.5 Å². The Hall–Kier alpha value is -2.84. The quantitative estimate of drug-likeness (QED) is 0.296. The number of methoxy groups -OCH3 is 2. The van der Waals surface area contributed by atoms with Gasteiger partial charge in [-0.1, -0.05) is 19.8 Å². The Morgan fingerprint density at radius 2 is 1.80 bits per heavy atom. The molecule has 1 N–H and O–H groups in total. The molecule has 0 fully saturated rings. The summed E-state index contributed by atoms with van der Waals surface area (Å²) in [7, 11) is 2.66. The Bertz CT molecular complexity index is 631. The van der Waals surface area contributed by atoms with E-state index in [1.807, 2.05) is 6.92 Å². The lowest BCUT2D eigenvalue weighted by Gasteiger charge is -2.10. The third kappa shape index (κ3) is 5.94. The van der Waals surface area contributed by atoms with Crippen LogP contribution >= 0.6 is 0 Å². The zero-order chi connectivity index (χ0) is 18.8. The molecule has 1 rings (SSSR count). The minimum absolute atomic E-state index is 0.111. The molecular formula is C16H22N2O7. The van der Waals surface area contributed by atoms with Crippen LogP contribution in [0.25, 0.3) is 0 Å². The van der Waals surface area contributed by atoms with Crippen LogP contribution < -0.4 is 14.8 Å². The van der Waals surface area contributed by atoms with Crippen molar-refractivity contribution in [3.05, 3.63) is 27.8 Å². The van der Waals surface area contributed by atoms with Crippen molar-refractivity contribution in [2.75, 3.05) is 27.4 Å². The van der Waals surface area contributed by atoms with Crippen molar-refractivity contribution in [3.63, 3.8) is 0 Å². The van der Waals surface area contributed by atoms with Gasteiger partial charge in [0.15, 0.2) is 18.1 Å². The van der Waals surface area contributed by atoms with Crippen LogP contribution in [-0.4, -0.2) is 44.2 Å². The molecule has 0 radical (unpaired) electrons. The van der Waals surface area contributed by atoms with Crippen molar-refractivity contribution in [2.24, 2.45) is 0 Å². The second kappa shape index (κ2) is 10.1. The standard InChI is InChI=1S/C16H22N2O7/c1-4-5-6-7-17-15(19)10-25-16(20)11-8-13(23-2)14(24-3)9-12(11)18(21)22/h8-9H,4-7,10H2,1-3H3,(H,17,19). The smallest absolute Gasteiger partial charge is 0.345 e. The lowest BCUT2D eigenvalue weighted by atomic mass is 10.1. The van der Waals surface area contributed by atoms with Crippen LogP contribution in [0.15, 0.2) is 12.1 Å². The molecule has 0 aliphatic carbocycles. The second-order valence-electron chi connectivity index (χ2n) is 5.11. The fraction of sp³-hybridized carbons (Fsp3) is 0.500. The molecule has 0 saturated carbocycles. The number of nitro groups is 1. The first kappa shape index (κ1) is 20.2. The van der Waals surface area contributed by atoms with Crippen molar-refractivity contribution in [1.82, 2.24) is 5.32 Å². The molecule has 0 aliphatic heterocycles. The molecule has 1 amide bonds. The molecule has 0 unspecified atom stereocenters. The zero-order valence-electron chi connectivity index (χ0n) is 14.5. The number of carbonyl (C=O) groups is 2. The number of amides is 1. The largest absolute Gasteiger partial charge is 0.493 e. The molecule has 1 aromatic rings. The molecule has 0 atom stereocenters. The summed E-state index contributed by atoms with van der Waals surface area (Å²) in [6.07, 6.45) is 2.84. The van der Waals surface area contributed by atoms with E-state index in [9.17, 15) is 19.7 Å². The van der Waals surface area contributed by atoms with Crippen LogP contribution in [0.5, 0.6) is 11.5 Å². The Morgan fingerprint density at radius 3 is 2.36 bits per heavy atom. The third-order valence-electron chi connectivity index (χ3n) is 3.36. The highest BCUT2D eigenvalue weighted by molar-refractivity contribution is 5.96. The number of hydrogen-bond acceptors (Lipinski definition) is 7. The van der Waals surface area contributed by atoms with Gasteiger partial charge in [0.2, 0.25) is 0 Å². The molecule has 138 valence electrons. The predicted octanol–water partition coefficient (Wildman–Crippen LogP) is 2.08. The summed E-state index contributed by atoms with van der Waals surface area (Å²) in [5, 5.41) is 13.8. The van der Waals surface area contributed by atoms with E-state index < -0.39 is 29.1 Å². The molecule has 0 aromatic heterocycles. The van der Waals surface area contributed by atoms with Crippen molar-refractivity contribution in [2.45, 2.75) is 26.2 Å². The maximum Gasteiger partial charge on any atom is 0.345 e. The van der Waals surface area contributed by atoms with Crippen LogP contribution in [-0.2, 0) is 9.53 Å². The minimum Gasteiger partial charge on any atom is -0.493 e. The molecule has 0 bridgehead atoms. The van der Waals surface area contributed by atoms with Gasteiger partial charge in [-0.2, -0.15) is 0 Å². The number of benzene rings is 1. The van der Waals surface area contributed by atoms with Gasteiger partial charge in [-0.05, 0) is 6.42 Å². The first-order valence-corrected chi connectivity index (χ1v) is 7.78. The topological polar surface area (TPSA) is 117 Å². The average molecular weight is 354 g/mol. The Labute approximate surface area is 145 Å². The summed E-state index contributed by atoms with van der Waals surface area (Å²) >= 11 is 0. The van der Waals surface area contributed by atoms with Gasteiger partial charge in [0, 0.05) is 12.6 Å². The number of nitro benzene ring substituents is 1. The van der Waals surface area contributed by atoms with Crippen molar-refractivity contribution in [3.8, 4) is 11.5 Å². The molecule has 0 aliphatic rings. The summed E-state index contributed by atoms with van der Waals surface area (Å²) in [5.74, 6) is -1.20. The Balaban J connectivity index is 2.80. The number of ether oxygens (including phenoxy) is 3. The number of unbranched alkanes of at least 4 members (excludes halogenated alkanes) is 2. The molecule has 1 aromatic carbocycles. The first-order valence-electron chi connectivity index (χ1n) is 7.78. The van der Waals surface area contributed by atoms with Gasteiger partial charge in [-0.15, -0.1) is 0 Å². The molecule has 0 saturated heterocycles. The summed E-state index contributed by atoms with van der Waals surface area (Å²) in [5.41, 5.74) is -0.813. The lowest BCUT2D eigenvalue weighted by molar-refractivity contribution is -0.385. The fourth-order valence-corrected chi connectivity index (χ4v) is 2.05. The van der Waals surface area contributed by atoms with Crippen LogP contribution in [0.3, 0.4) is 0 Å². The van der Waals surface area contributed by atoms with Crippen LogP contribution in [0.1, 0.15) is 36.5 Å². The van der Waals surface area contributed by atoms with Crippen molar-refractivity contribution >= 4 is 17.6 Å². The van der Waals surface area contributed by atoms with Crippen LogP contribution in [0.2, 0.25) is 0 Å². The molecule has 9 heteroatoms. The van der Waals surface area contributed by atoms with Gasteiger partial charge in [-0.25, -0.2) is 4.79 Å². The molecule has 9 nitrogen and oxygen atoms in total. The number of rotatable bonds is 10. The van der Waals surface area contributed by atoms with Gasteiger partial charge in [-0.3, -0.25) is 14.9 Å².